The number of aromatic nitrogens is 2. The van der Waals surface area contributed by atoms with Gasteiger partial charge in [0.05, 0.1) is 16.7 Å². The van der Waals surface area contributed by atoms with E-state index in [1.807, 2.05) is 6.92 Å². The van der Waals surface area contributed by atoms with Gasteiger partial charge in [0.25, 0.3) is 0 Å². The van der Waals surface area contributed by atoms with Crippen LogP contribution in [0.1, 0.15) is 6.92 Å². The van der Waals surface area contributed by atoms with E-state index < -0.39 is 4.92 Å². The van der Waals surface area contributed by atoms with E-state index in [0.29, 0.717) is 17.7 Å². The van der Waals surface area contributed by atoms with Crippen LogP contribution in [0.15, 0.2) is 16.8 Å². The van der Waals surface area contributed by atoms with Crippen molar-refractivity contribution in [1.29, 1.82) is 0 Å². The summed E-state index contributed by atoms with van der Waals surface area (Å²) in [5.74, 6) is 0. The Labute approximate surface area is 102 Å². The van der Waals surface area contributed by atoms with Gasteiger partial charge in [0, 0.05) is 19.7 Å². The third kappa shape index (κ3) is 2.23. The van der Waals surface area contributed by atoms with Crippen LogP contribution in [-0.2, 0) is 4.74 Å². The second kappa shape index (κ2) is 4.96. The van der Waals surface area contributed by atoms with Crippen LogP contribution in [0.25, 0.3) is 11.0 Å². The second-order valence-corrected chi connectivity index (χ2v) is 3.78. The van der Waals surface area contributed by atoms with E-state index >= 15 is 0 Å². The van der Waals surface area contributed by atoms with Crippen molar-refractivity contribution in [2.24, 2.45) is 0 Å². The lowest BCUT2D eigenvalue weighted by Crippen LogP contribution is -2.18. The number of anilines is 1. The highest BCUT2D eigenvalue weighted by Crippen LogP contribution is 2.28. The molecule has 1 heterocycles. The van der Waals surface area contributed by atoms with Crippen molar-refractivity contribution in [3.8, 4) is 0 Å². The molecule has 8 heteroatoms. The van der Waals surface area contributed by atoms with Gasteiger partial charge in [-0.1, -0.05) is 0 Å². The summed E-state index contributed by atoms with van der Waals surface area (Å²) in [5.41, 5.74) is 0.972. The molecule has 0 fully saturated rings. The molecule has 1 N–H and O–H groups in total. The minimum absolute atomic E-state index is 0.00935. The first-order valence-electron chi connectivity index (χ1n) is 5.29. The van der Waals surface area contributed by atoms with Gasteiger partial charge >= 0.3 is 5.69 Å². The van der Waals surface area contributed by atoms with Crippen molar-refractivity contribution in [3.05, 3.63) is 22.2 Å². The van der Waals surface area contributed by atoms with Crippen LogP contribution in [0.2, 0.25) is 0 Å². The standard InChI is InChI=1S/C10H12N4O4/c1-6(17-2)5-11-7-3-4-8(14(15)16)10-9(7)12-18-13-10/h3-4,6,11H,5H2,1-2H3. The van der Waals surface area contributed by atoms with E-state index in [0.717, 1.165) is 0 Å². The molecule has 0 aliphatic rings. The van der Waals surface area contributed by atoms with Gasteiger partial charge in [-0.15, -0.1) is 0 Å². The molecule has 0 saturated heterocycles. The normalized spacial score (nSPS) is 12.6. The number of ether oxygens (including phenoxy) is 1. The first kappa shape index (κ1) is 12.2. The number of nitro groups is 1. The topological polar surface area (TPSA) is 103 Å². The zero-order chi connectivity index (χ0) is 13.1. The molecule has 1 aromatic carbocycles. The number of methoxy groups -OCH3 is 1. The monoisotopic (exact) mass is 252 g/mol. The molecule has 18 heavy (non-hydrogen) atoms. The van der Waals surface area contributed by atoms with Gasteiger partial charge in [-0.25, -0.2) is 4.63 Å². The fourth-order valence-electron chi connectivity index (χ4n) is 1.48. The van der Waals surface area contributed by atoms with Crippen LogP contribution in [0.3, 0.4) is 0 Å². The molecular weight excluding hydrogens is 240 g/mol. The summed E-state index contributed by atoms with van der Waals surface area (Å²) in [6.45, 7) is 2.45. The van der Waals surface area contributed by atoms with Gasteiger partial charge in [-0.3, -0.25) is 10.1 Å². The summed E-state index contributed by atoms with van der Waals surface area (Å²) in [6, 6.07) is 2.94. The summed E-state index contributed by atoms with van der Waals surface area (Å²) in [4.78, 5) is 10.3. The van der Waals surface area contributed by atoms with E-state index in [1.54, 1.807) is 13.2 Å². The predicted octanol–water partition coefficient (Wildman–Crippen LogP) is 1.58. The Hall–Kier alpha value is -2.22. The van der Waals surface area contributed by atoms with Crippen molar-refractivity contribution >= 4 is 22.4 Å². The number of rotatable bonds is 5. The van der Waals surface area contributed by atoms with Crippen LogP contribution in [0, 0.1) is 10.1 Å². The molecule has 0 spiro atoms. The molecule has 0 aliphatic carbocycles. The van der Waals surface area contributed by atoms with Crippen LogP contribution in [0.5, 0.6) is 0 Å². The average molecular weight is 252 g/mol. The molecule has 2 aromatic rings. The number of fused-ring (bicyclic) bond motifs is 1. The number of nitrogens with zero attached hydrogens (tertiary/aromatic N) is 3. The minimum Gasteiger partial charge on any atom is -0.381 e. The summed E-state index contributed by atoms with van der Waals surface area (Å²) < 4.78 is 9.65. The maximum atomic E-state index is 10.8. The Bertz CT molecular complexity index is 568. The molecule has 1 aromatic heterocycles. The highest BCUT2D eigenvalue weighted by Gasteiger charge is 2.19. The fourth-order valence-corrected chi connectivity index (χ4v) is 1.48. The fraction of sp³-hybridized carbons (Fsp3) is 0.400. The lowest BCUT2D eigenvalue weighted by molar-refractivity contribution is -0.383. The van der Waals surface area contributed by atoms with Crippen molar-refractivity contribution in [3.63, 3.8) is 0 Å². The molecular formula is C10H12N4O4. The zero-order valence-corrected chi connectivity index (χ0v) is 9.91. The molecule has 0 bridgehead atoms. The summed E-state index contributed by atoms with van der Waals surface area (Å²) in [6.07, 6.45) is 0.00935. The van der Waals surface area contributed by atoms with E-state index in [2.05, 4.69) is 20.3 Å². The Balaban J connectivity index is 2.33. The highest BCUT2D eigenvalue weighted by molar-refractivity contribution is 5.93. The van der Waals surface area contributed by atoms with Gasteiger partial charge in [0.1, 0.15) is 0 Å². The SMILES string of the molecule is COC(C)CNc1ccc([N+](=O)[O-])c2nonc12. The predicted molar refractivity (Wildman–Crippen MR) is 63.4 cm³/mol. The average Bonchev–Trinajstić information content (AvgIpc) is 2.84. The quantitative estimate of drug-likeness (QED) is 0.636. The van der Waals surface area contributed by atoms with Crippen molar-refractivity contribution in [1.82, 2.24) is 10.3 Å². The molecule has 1 atom stereocenters. The van der Waals surface area contributed by atoms with Gasteiger partial charge < -0.3 is 10.1 Å². The van der Waals surface area contributed by atoms with Gasteiger partial charge in [-0.05, 0) is 23.3 Å². The molecule has 1 unspecified atom stereocenters. The summed E-state index contributed by atoms with van der Waals surface area (Å²) in [7, 11) is 1.61. The summed E-state index contributed by atoms with van der Waals surface area (Å²) >= 11 is 0. The first-order chi connectivity index (χ1) is 8.63. The number of hydrogen-bond donors (Lipinski definition) is 1. The Morgan fingerprint density at radius 1 is 1.50 bits per heavy atom. The van der Waals surface area contributed by atoms with Gasteiger partial charge in [0.2, 0.25) is 5.52 Å². The van der Waals surface area contributed by atoms with E-state index in [-0.39, 0.29) is 17.3 Å². The molecule has 8 nitrogen and oxygen atoms in total. The molecule has 2 rings (SSSR count). The zero-order valence-electron chi connectivity index (χ0n) is 9.91. The van der Waals surface area contributed by atoms with Crippen LogP contribution < -0.4 is 5.32 Å². The maximum Gasteiger partial charge on any atom is 0.300 e. The molecule has 0 amide bonds. The Morgan fingerprint density at radius 3 is 2.89 bits per heavy atom. The van der Waals surface area contributed by atoms with Gasteiger partial charge in [-0.2, -0.15) is 0 Å². The van der Waals surface area contributed by atoms with Crippen LogP contribution >= 0.6 is 0 Å². The van der Waals surface area contributed by atoms with E-state index in [1.165, 1.54) is 6.07 Å². The first-order valence-corrected chi connectivity index (χ1v) is 5.29. The number of hydrogen-bond acceptors (Lipinski definition) is 7. The largest absolute Gasteiger partial charge is 0.381 e. The molecule has 0 radical (unpaired) electrons. The summed E-state index contributed by atoms with van der Waals surface area (Å²) in [5, 5.41) is 21.1. The lowest BCUT2D eigenvalue weighted by atomic mass is 10.2. The van der Waals surface area contributed by atoms with E-state index in [9.17, 15) is 10.1 Å². The minimum atomic E-state index is -0.520. The Morgan fingerprint density at radius 2 is 2.22 bits per heavy atom. The lowest BCUT2D eigenvalue weighted by Gasteiger charge is -2.11. The highest BCUT2D eigenvalue weighted by atomic mass is 16.6. The number of nitro benzene ring substituents is 1. The number of non-ortho nitro benzene ring substituents is 1. The second-order valence-electron chi connectivity index (χ2n) is 3.78. The number of nitrogens with one attached hydrogen (secondary N) is 1. The molecule has 96 valence electrons. The molecule has 0 aliphatic heterocycles. The van der Waals surface area contributed by atoms with E-state index in [4.69, 9.17) is 4.74 Å². The van der Waals surface area contributed by atoms with Gasteiger partial charge in [0.15, 0.2) is 5.52 Å². The third-order valence-corrected chi connectivity index (χ3v) is 2.57. The maximum absolute atomic E-state index is 10.8. The van der Waals surface area contributed by atoms with Crippen LogP contribution in [0.4, 0.5) is 11.4 Å². The Kier molecular flexibility index (Phi) is 3.38. The van der Waals surface area contributed by atoms with Crippen molar-refractivity contribution < 1.29 is 14.3 Å². The van der Waals surface area contributed by atoms with Crippen molar-refractivity contribution in [2.75, 3.05) is 19.0 Å². The molecule has 0 saturated carbocycles. The third-order valence-electron chi connectivity index (χ3n) is 2.57. The van der Waals surface area contributed by atoms with Crippen LogP contribution in [-0.4, -0.2) is 35.0 Å². The number of benzene rings is 1. The van der Waals surface area contributed by atoms with Crippen molar-refractivity contribution in [2.45, 2.75) is 13.0 Å². The smallest absolute Gasteiger partial charge is 0.300 e.